The third-order valence-electron chi connectivity index (χ3n) is 3.30. The predicted octanol–water partition coefficient (Wildman–Crippen LogP) is 0.0154. The zero-order valence-corrected chi connectivity index (χ0v) is 11.9. The Morgan fingerprint density at radius 2 is 2.00 bits per heavy atom. The molecule has 1 aliphatic rings. The van der Waals surface area contributed by atoms with Gasteiger partial charge in [-0.05, 0) is 19.8 Å². The lowest BCUT2D eigenvalue weighted by Gasteiger charge is -2.37. The molecule has 1 fully saturated rings. The SMILES string of the molecule is CCOC(=O)NS(=O)(=O)N1CCC(C)(C(=N)N)CC1. The smallest absolute Gasteiger partial charge is 0.421 e. The van der Waals surface area contributed by atoms with Crippen molar-refractivity contribution in [1.82, 2.24) is 9.03 Å². The van der Waals surface area contributed by atoms with Gasteiger partial charge in [-0.15, -0.1) is 0 Å². The van der Waals surface area contributed by atoms with Crippen molar-refractivity contribution >= 4 is 22.1 Å². The number of piperidine rings is 1. The van der Waals surface area contributed by atoms with Crippen LogP contribution in [0, 0.1) is 10.8 Å². The van der Waals surface area contributed by atoms with Crippen molar-refractivity contribution in [2.75, 3.05) is 19.7 Å². The van der Waals surface area contributed by atoms with Crippen LogP contribution in [-0.4, -0.2) is 44.3 Å². The summed E-state index contributed by atoms with van der Waals surface area (Å²) in [5.41, 5.74) is 5.03. The second-order valence-corrected chi connectivity index (χ2v) is 6.37. The van der Waals surface area contributed by atoms with Gasteiger partial charge in [-0.3, -0.25) is 5.41 Å². The highest BCUT2D eigenvalue weighted by molar-refractivity contribution is 7.87. The van der Waals surface area contributed by atoms with Crippen LogP contribution in [0.5, 0.6) is 0 Å². The number of amides is 1. The first-order valence-electron chi connectivity index (χ1n) is 6.00. The number of nitrogens with one attached hydrogen (secondary N) is 2. The van der Waals surface area contributed by atoms with Gasteiger partial charge in [0, 0.05) is 18.5 Å². The number of nitrogens with zero attached hydrogens (tertiary/aromatic N) is 1. The molecular formula is C10H20N4O4S. The van der Waals surface area contributed by atoms with Gasteiger partial charge in [-0.1, -0.05) is 6.92 Å². The number of hydrogen-bond donors (Lipinski definition) is 3. The summed E-state index contributed by atoms with van der Waals surface area (Å²) in [5, 5.41) is 7.50. The van der Waals surface area contributed by atoms with Gasteiger partial charge in [0.25, 0.3) is 0 Å². The van der Waals surface area contributed by atoms with Crippen LogP contribution in [0.15, 0.2) is 0 Å². The van der Waals surface area contributed by atoms with Crippen molar-refractivity contribution in [2.45, 2.75) is 26.7 Å². The van der Waals surface area contributed by atoms with Crippen molar-refractivity contribution in [2.24, 2.45) is 11.1 Å². The summed E-state index contributed by atoms with van der Waals surface area (Å²) in [7, 11) is -3.88. The Labute approximate surface area is 113 Å². The Morgan fingerprint density at radius 1 is 1.47 bits per heavy atom. The summed E-state index contributed by atoms with van der Waals surface area (Å²) in [5.74, 6) is 0.0582. The molecule has 0 aliphatic carbocycles. The van der Waals surface area contributed by atoms with E-state index in [9.17, 15) is 13.2 Å². The maximum Gasteiger partial charge on any atom is 0.421 e. The summed E-state index contributed by atoms with van der Waals surface area (Å²) in [6.45, 7) is 3.95. The Balaban J connectivity index is 2.64. The molecule has 1 rings (SSSR count). The fourth-order valence-electron chi connectivity index (χ4n) is 1.82. The molecule has 0 aromatic carbocycles. The number of hydrogen-bond acceptors (Lipinski definition) is 5. The largest absolute Gasteiger partial charge is 0.449 e. The average molecular weight is 292 g/mol. The van der Waals surface area contributed by atoms with Crippen molar-refractivity contribution in [3.05, 3.63) is 0 Å². The molecule has 0 saturated carbocycles. The van der Waals surface area contributed by atoms with E-state index in [2.05, 4.69) is 4.74 Å². The molecule has 19 heavy (non-hydrogen) atoms. The lowest BCUT2D eigenvalue weighted by Crippen LogP contribution is -2.51. The van der Waals surface area contributed by atoms with Crippen LogP contribution < -0.4 is 10.5 Å². The van der Waals surface area contributed by atoms with Crippen molar-refractivity contribution < 1.29 is 17.9 Å². The van der Waals surface area contributed by atoms with E-state index in [4.69, 9.17) is 11.1 Å². The summed E-state index contributed by atoms with van der Waals surface area (Å²) in [6.07, 6.45) is -0.0830. The van der Waals surface area contributed by atoms with Gasteiger partial charge in [0.1, 0.15) is 0 Å². The van der Waals surface area contributed by atoms with E-state index in [1.807, 2.05) is 11.6 Å². The molecule has 0 spiro atoms. The lowest BCUT2D eigenvalue weighted by atomic mass is 9.80. The van der Waals surface area contributed by atoms with E-state index >= 15 is 0 Å². The fraction of sp³-hybridized carbons (Fsp3) is 0.800. The van der Waals surface area contributed by atoms with E-state index < -0.39 is 21.7 Å². The van der Waals surface area contributed by atoms with E-state index in [-0.39, 0.29) is 25.5 Å². The predicted molar refractivity (Wildman–Crippen MR) is 69.9 cm³/mol. The molecule has 0 aromatic rings. The molecule has 0 atom stereocenters. The highest BCUT2D eigenvalue weighted by atomic mass is 32.2. The van der Waals surface area contributed by atoms with Gasteiger partial charge in [0.05, 0.1) is 12.4 Å². The van der Waals surface area contributed by atoms with Gasteiger partial charge >= 0.3 is 16.3 Å². The number of carbonyl (C=O) groups is 1. The Morgan fingerprint density at radius 3 is 2.42 bits per heavy atom. The Bertz CT molecular complexity index is 454. The van der Waals surface area contributed by atoms with Gasteiger partial charge in [0.15, 0.2) is 0 Å². The van der Waals surface area contributed by atoms with Crippen LogP contribution >= 0.6 is 0 Å². The van der Waals surface area contributed by atoms with Gasteiger partial charge in [-0.25, -0.2) is 9.52 Å². The van der Waals surface area contributed by atoms with Crippen molar-refractivity contribution in [1.29, 1.82) is 5.41 Å². The summed E-state index contributed by atoms with van der Waals surface area (Å²) in [4.78, 5) is 11.1. The normalized spacial score (nSPS) is 19.7. The quantitative estimate of drug-likeness (QED) is 0.497. The first kappa shape index (κ1) is 15.7. The van der Waals surface area contributed by atoms with E-state index in [1.54, 1.807) is 6.92 Å². The maximum atomic E-state index is 11.9. The molecule has 1 saturated heterocycles. The molecule has 0 radical (unpaired) electrons. The summed E-state index contributed by atoms with van der Waals surface area (Å²) < 4.78 is 31.3. The third kappa shape index (κ3) is 3.80. The van der Waals surface area contributed by atoms with Crippen LogP contribution in [0.25, 0.3) is 0 Å². The molecule has 9 heteroatoms. The number of carbonyl (C=O) groups excluding carboxylic acids is 1. The Kier molecular flexibility index (Phi) is 4.75. The number of nitrogens with two attached hydrogens (primary N) is 1. The minimum atomic E-state index is -3.88. The number of ether oxygens (including phenoxy) is 1. The molecule has 0 unspecified atom stereocenters. The van der Waals surface area contributed by atoms with Gasteiger partial charge in [-0.2, -0.15) is 12.7 Å². The van der Waals surface area contributed by atoms with Crippen LogP contribution in [0.2, 0.25) is 0 Å². The maximum absolute atomic E-state index is 11.9. The number of rotatable bonds is 4. The van der Waals surface area contributed by atoms with E-state index in [0.29, 0.717) is 12.8 Å². The first-order valence-corrected chi connectivity index (χ1v) is 7.44. The molecule has 1 heterocycles. The van der Waals surface area contributed by atoms with Crippen molar-refractivity contribution in [3.8, 4) is 0 Å². The van der Waals surface area contributed by atoms with Crippen LogP contribution in [0.1, 0.15) is 26.7 Å². The average Bonchev–Trinajstić information content (AvgIpc) is 2.28. The van der Waals surface area contributed by atoms with E-state index in [0.717, 1.165) is 4.31 Å². The van der Waals surface area contributed by atoms with Crippen LogP contribution in [0.3, 0.4) is 0 Å². The monoisotopic (exact) mass is 292 g/mol. The molecular weight excluding hydrogens is 272 g/mol. The molecule has 8 nitrogen and oxygen atoms in total. The van der Waals surface area contributed by atoms with Crippen LogP contribution in [-0.2, 0) is 14.9 Å². The second-order valence-electron chi connectivity index (χ2n) is 4.70. The first-order chi connectivity index (χ1) is 8.71. The minimum Gasteiger partial charge on any atom is -0.449 e. The zero-order chi connectivity index (χ0) is 14.7. The molecule has 110 valence electrons. The second kappa shape index (κ2) is 5.74. The molecule has 0 aromatic heterocycles. The summed E-state index contributed by atoms with van der Waals surface area (Å²) in [6, 6.07) is 0. The van der Waals surface area contributed by atoms with E-state index in [1.165, 1.54) is 0 Å². The summed E-state index contributed by atoms with van der Waals surface area (Å²) >= 11 is 0. The number of amidine groups is 1. The molecule has 1 aliphatic heterocycles. The van der Waals surface area contributed by atoms with Crippen molar-refractivity contribution in [3.63, 3.8) is 0 Å². The standard InChI is InChI=1S/C10H20N4O4S/c1-3-18-9(15)13-19(16,17)14-6-4-10(2,5-7-14)8(11)12/h3-7H2,1-2H3,(H3,11,12)(H,13,15). The fourth-order valence-corrected chi connectivity index (χ4v) is 2.88. The molecule has 4 N–H and O–H groups in total. The third-order valence-corrected chi connectivity index (χ3v) is 4.77. The Hall–Kier alpha value is -1.35. The highest BCUT2D eigenvalue weighted by Crippen LogP contribution is 2.31. The lowest BCUT2D eigenvalue weighted by molar-refractivity contribution is 0.157. The highest BCUT2D eigenvalue weighted by Gasteiger charge is 2.37. The molecule has 1 amide bonds. The minimum absolute atomic E-state index is 0.0582. The zero-order valence-electron chi connectivity index (χ0n) is 11.1. The molecule has 0 bridgehead atoms. The van der Waals surface area contributed by atoms with Crippen LogP contribution in [0.4, 0.5) is 4.79 Å². The van der Waals surface area contributed by atoms with Gasteiger partial charge < -0.3 is 10.5 Å². The van der Waals surface area contributed by atoms with Gasteiger partial charge in [0.2, 0.25) is 0 Å². The topological polar surface area (TPSA) is 126 Å².